The molecule has 0 spiro atoms. The number of carbonyl (C=O) groups is 1. The molecule has 2 N–H and O–H groups in total. The molecule has 0 unspecified atom stereocenters. The highest BCUT2D eigenvalue weighted by molar-refractivity contribution is 7.89. The highest BCUT2D eigenvalue weighted by Crippen LogP contribution is 2.24. The fraction of sp³-hybridized carbons (Fsp3) is 0.406. The summed E-state index contributed by atoms with van der Waals surface area (Å²) in [5.74, 6) is 0.551. The van der Waals surface area contributed by atoms with Crippen molar-refractivity contribution in [1.82, 2.24) is 9.62 Å². The minimum absolute atomic E-state index is 0.00372. The van der Waals surface area contributed by atoms with E-state index >= 15 is 0 Å². The number of nitrogens with zero attached hydrogens (tertiary/aromatic N) is 1. The van der Waals surface area contributed by atoms with Gasteiger partial charge in [0.05, 0.1) is 42.9 Å². The number of benzene rings is 3. The first-order chi connectivity index (χ1) is 20.2. The molecule has 3 atom stereocenters. The highest BCUT2D eigenvalue weighted by Gasteiger charge is 2.32. The molecular weight excluding hydrogens is 556 g/mol. The fourth-order valence-corrected chi connectivity index (χ4v) is 6.47. The first-order valence-electron chi connectivity index (χ1n) is 14.2. The van der Waals surface area contributed by atoms with E-state index in [1.807, 2.05) is 44.2 Å². The van der Waals surface area contributed by atoms with Gasteiger partial charge >= 0.3 is 0 Å². The lowest BCUT2D eigenvalue weighted by Crippen LogP contribution is -2.51. The van der Waals surface area contributed by atoms with Gasteiger partial charge in [0.15, 0.2) is 0 Å². The van der Waals surface area contributed by atoms with Gasteiger partial charge in [-0.1, -0.05) is 56.3 Å². The van der Waals surface area contributed by atoms with Crippen LogP contribution in [0.2, 0.25) is 0 Å². The zero-order chi connectivity index (χ0) is 30.1. The molecule has 0 aliphatic carbocycles. The van der Waals surface area contributed by atoms with Crippen molar-refractivity contribution in [2.24, 2.45) is 5.92 Å². The number of rotatable bonds is 14. The third-order valence-electron chi connectivity index (χ3n) is 7.05. The quantitative estimate of drug-likeness (QED) is 0.290. The molecule has 1 fully saturated rings. The second kappa shape index (κ2) is 14.6. The van der Waals surface area contributed by atoms with E-state index in [0.717, 1.165) is 12.0 Å². The van der Waals surface area contributed by atoms with Gasteiger partial charge in [0, 0.05) is 19.5 Å². The number of ether oxygens (including phenoxy) is 3. The molecule has 0 aromatic heterocycles. The Morgan fingerprint density at radius 1 is 1.02 bits per heavy atom. The zero-order valence-electron chi connectivity index (χ0n) is 24.3. The van der Waals surface area contributed by atoms with E-state index in [1.54, 1.807) is 36.4 Å². The number of carbonyl (C=O) groups excluding carboxylic acids is 1. The van der Waals surface area contributed by atoms with Gasteiger partial charge < -0.3 is 24.6 Å². The van der Waals surface area contributed by atoms with E-state index in [9.17, 15) is 18.3 Å². The van der Waals surface area contributed by atoms with Crippen LogP contribution in [0, 0.1) is 5.92 Å². The summed E-state index contributed by atoms with van der Waals surface area (Å²) in [6, 6.07) is 21.8. The molecule has 42 heavy (non-hydrogen) atoms. The number of amides is 1. The Hall–Kier alpha value is -3.44. The maximum atomic E-state index is 13.7. The average Bonchev–Trinajstić information content (AvgIpc) is 3.50. The van der Waals surface area contributed by atoms with Crippen LogP contribution in [0.5, 0.6) is 11.5 Å². The topological polar surface area (TPSA) is 114 Å². The van der Waals surface area contributed by atoms with Gasteiger partial charge in [-0.15, -0.1) is 0 Å². The van der Waals surface area contributed by atoms with Crippen LogP contribution in [-0.4, -0.2) is 75.4 Å². The predicted molar refractivity (Wildman–Crippen MR) is 160 cm³/mol. The monoisotopic (exact) mass is 596 g/mol. The molecule has 1 aliphatic rings. The summed E-state index contributed by atoms with van der Waals surface area (Å²) >= 11 is 0. The predicted octanol–water partition coefficient (Wildman–Crippen LogP) is 3.91. The van der Waals surface area contributed by atoms with Gasteiger partial charge in [0.1, 0.15) is 17.6 Å². The normalized spacial score (nSPS) is 16.8. The summed E-state index contributed by atoms with van der Waals surface area (Å²) in [4.78, 5) is 13.7. The molecule has 1 aliphatic heterocycles. The molecule has 226 valence electrons. The van der Waals surface area contributed by atoms with E-state index in [4.69, 9.17) is 14.2 Å². The molecule has 1 saturated heterocycles. The van der Waals surface area contributed by atoms with Crippen molar-refractivity contribution in [2.45, 2.75) is 49.8 Å². The Morgan fingerprint density at radius 2 is 1.71 bits per heavy atom. The maximum absolute atomic E-state index is 13.7. The van der Waals surface area contributed by atoms with Gasteiger partial charge in [-0.05, 0) is 54.3 Å². The summed E-state index contributed by atoms with van der Waals surface area (Å²) in [5.41, 5.74) is 1.22. The summed E-state index contributed by atoms with van der Waals surface area (Å²) < 4.78 is 45.3. The van der Waals surface area contributed by atoms with Crippen molar-refractivity contribution in [1.29, 1.82) is 0 Å². The zero-order valence-corrected chi connectivity index (χ0v) is 25.1. The van der Waals surface area contributed by atoms with E-state index in [0.29, 0.717) is 36.7 Å². The van der Waals surface area contributed by atoms with E-state index in [2.05, 4.69) is 5.32 Å². The minimum atomic E-state index is -3.95. The summed E-state index contributed by atoms with van der Waals surface area (Å²) in [7, 11) is -2.44. The Labute approximate surface area is 248 Å². The Kier molecular flexibility index (Phi) is 11.0. The van der Waals surface area contributed by atoms with Crippen LogP contribution in [0.3, 0.4) is 0 Å². The van der Waals surface area contributed by atoms with Gasteiger partial charge in [-0.25, -0.2) is 8.42 Å². The smallest absolute Gasteiger partial charge is 0.255 e. The number of hydrogen-bond donors (Lipinski definition) is 2. The number of methoxy groups -OCH3 is 1. The third-order valence-corrected chi connectivity index (χ3v) is 8.90. The molecule has 4 rings (SSSR count). The Bertz CT molecular complexity index is 1390. The molecule has 3 aromatic carbocycles. The molecule has 9 nitrogen and oxygen atoms in total. The lowest BCUT2D eigenvalue weighted by Gasteiger charge is -2.31. The van der Waals surface area contributed by atoms with Gasteiger partial charge in [0.25, 0.3) is 5.91 Å². The molecule has 1 amide bonds. The maximum Gasteiger partial charge on any atom is 0.255 e. The Morgan fingerprint density at radius 3 is 2.36 bits per heavy atom. The molecule has 0 bridgehead atoms. The van der Waals surface area contributed by atoms with E-state index in [-0.39, 0.29) is 30.0 Å². The Balaban J connectivity index is 1.59. The van der Waals surface area contributed by atoms with Crippen molar-refractivity contribution >= 4 is 15.9 Å². The fourth-order valence-electron chi connectivity index (χ4n) is 4.85. The van der Waals surface area contributed by atoms with Crippen LogP contribution >= 0.6 is 0 Å². The van der Waals surface area contributed by atoms with Crippen LogP contribution < -0.4 is 14.8 Å². The third kappa shape index (κ3) is 8.32. The van der Waals surface area contributed by atoms with E-state index in [1.165, 1.54) is 23.5 Å². The first kappa shape index (κ1) is 31.5. The summed E-state index contributed by atoms with van der Waals surface area (Å²) in [5, 5.41) is 14.5. The van der Waals surface area contributed by atoms with Crippen molar-refractivity contribution in [2.75, 3.05) is 33.4 Å². The minimum Gasteiger partial charge on any atom is -0.497 e. The largest absolute Gasteiger partial charge is 0.497 e. The SMILES string of the molecule is COc1ccc(S(=O)(=O)N(CC(C)C)C[C@@H](O)[C@H](Cc2ccccc2)NC(=O)c2ccccc2O[C@@H]2CCOC2)cc1. The number of sulfonamides is 1. The molecule has 1 heterocycles. The average molecular weight is 597 g/mol. The van der Waals surface area contributed by atoms with Crippen LogP contribution in [0.25, 0.3) is 0 Å². The van der Waals surface area contributed by atoms with Crippen molar-refractivity contribution in [3.8, 4) is 11.5 Å². The lowest BCUT2D eigenvalue weighted by molar-refractivity contribution is 0.0769. The number of para-hydroxylation sites is 1. The van der Waals surface area contributed by atoms with Gasteiger partial charge in [-0.2, -0.15) is 4.31 Å². The molecule has 0 radical (unpaired) electrons. The summed E-state index contributed by atoms with van der Waals surface area (Å²) in [6.07, 6.45) is -0.319. The second-order valence-electron chi connectivity index (χ2n) is 10.8. The van der Waals surface area contributed by atoms with Gasteiger partial charge in [0.2, 0.25) is 10.0 Å². The summed E-state index contributed by atoms with van der Waals surface area (Å²) in [6.45, 7) is 4.88. The first-order valence-corrected chi connectivity index (χ1v) is 15.6. The van der Waals surface area contributed by atoms with Crippen LogP contribution in [0.15, 0.2) is 83.8 Å². The standard InChI is InChI=1S/C32H40N2O7S/c1-23(2)20-34(42(37,38)27-15-13-25(39-3)14-16-27)21-30(35)29(19-24-9-5-4-6-10-24)33-32(36)28-11-7-8-12-31(28)41-26-17-18-40-22-26/h4-16,23,26,29-30,35H,17-22H2,1-3H3,(H,33,36)/t26-,29+,30-/m1/s1. The molecule has 0 saturated carbocycles. The van der Waals surface area contributed by atoms with Crippen molar-refractivity contribution in [3.05, 3.63) is 90.0 Å². The second-order valence-corrected chi connectivity index (χ2v) is 12.8. The number of nitrogens with one attached hydrogen (secondary N) is 1. The van der Waals surface area contributed by atoms with Crippen LogP contribution in [0.1, 0.15) is 36.2 Å². The highest BCUT2D eigenvalue weighted by atomic mass is 32.2. The number of aliphatic hydroxyl groups excluding tert-OH is 1. The van der Waals surface area contributed by atoms with E-state index < -0.39 is 28.1 Å². The lowest BCUT2D eigenvalue weighted by atomic mass is 10.00. The van der Waals surface area contributed by atoms with Gasteiger partial charge in [-0.3, -0.25) is 4.79 Å². The molecule has 3 aromatic rings. The van der Waals surface area contributed by atoms with Crippen LogP contribution in [0.4, 0.5) is 0 Å². The number of aliphatic hydroxyl groups is 1. The molecule has 10 heteroatoms. The van der Waals surface area contributed by atoms with Crippen molar-refractivity contribution < 1.29 is 32.5 Å². The molecular formula is C32H40N2O7S. The number of hydrogen-bond acceptors (Lipinski definition) is 7. The van der Waals surface area contributed by atoms with Crippen molar-refractivity contribution in [3.63, 3.8) is 0 Å². The van der Waals surface area contributed by atoms with Crippen LogP contribution in [-0.2, 0) is 21.2 Å².